The predicted molar refractivity (Wildman–Crippen MR) is 297 cm³/mol. The van der Waals surface area contributed by atoms with E-state index in [0.717, 1.165) is 83.5 Å². The van der Waals surface area contributed by atoms with Crippen molar-refractivity contribution in [2.75, 3.05) is 19.8 Å². The van der Waals surface area contributed by atoms with Crippen molar-refractivity contribution in [1.29, 1.82) is 0 Å². The molecule has 0 saturated carbocycles. The van der Waals surface area contributed by atoms with Crippen LogP contribution in [0.3, 0.4) is 0 Å². The first-order chi connectivity index (χ1) is 33.6. The third-order valence-electron chi connectivity index (χ3n) is 12.4. The summed E-state index contributed by atoms with van der Waals surface area (Å²) in [7, 11) is 0. The summed E-state index contributed by atoms with van der Waals surface area (Å²) in [6, 6.07) is 0. The molecule has 0 N–H and O–H groups in total. The van der Waals surface area contributed by atoms with Gasteiger partial charge < -0.3 is 14.2 Å². The molecule has 0 aliphatic rings. The highest BCUT2D eigenvalue weighted by molar-refractivity contribution is 5.70. The fraction of sp³-hybridized carbons (Fsp3) is 0.746. The third kappa shape index (κ3) is 55.7. The monoisotopic (exact) mass is 947 g/mol. The molecule has 0 saturated heterocycles. The zero-order valence-corrected chi connectivity index (χ0v) is 45.1. The molecule has 0 aliphatic carbocycles. The summed E-state index contributed by atoms with van der Waals surface area (Å²) in [4.78, 5) is 25.5. The Morgan fingerprint density at radius 2 is 0.676 bits per heavy atom. The molecule has 1 atom stereocenters. The van der Waals surface area contributed by atoms with Crippen LogP contribution in [0.2, 0.25) is 0 Å². The van der Waals surface area contributed by atoms with E-state index in [2.05, 4.69) is 106 Å². The van der Waals surface area contributed by atoms with Crippen molar-refractivity contribution in [1.82, 2.24) is 0 Å². The minimum atomic E-state index is -0.570. The van der Waals surface area contributed by atoms with Gasteiger partial charge in [0.05, 0.1) is 6.61 Å². The molecule has 0 heterocycles. The Bertz CT molecular complexity index is 1250. The molecule has 0 spiro atoms. The predicted octanol–water partition coefficient (Wildman–Crippen LogP) is 20.0. The van der Waals surface area contributed by atoms with Crippen LogP contribution in [0.15, 0.2) is 85.1 Å². The normalized spacial score (nSPS) is 12.8. The van der Waals surface area contributed by atoms with Gasteiger partial charge in [0, 0.05) is 19.4 Å². The number of allylic oxidation sites excluding steroid dienone is 14. The number of esters is 2. The quantitative estimate of drug-likeness (QED) is 0.0345. The zero-order chi connectivity index (χ0) is 49.2. The van der Waals surface area contributed by atoms with Crippen molar-refractivity contribution >= 4 is 11.9 Å². The van der Waals surface area contributed by atoms with Crippen molar-refractivity contribution < 1.29 is 23.8 Å². The molecule has 0 fully saturated rings. The van der Waals surface area contributed by atoms with Crippen LogP contribution in [0.1, 0.15) is 278 Å². The van der Waals surface area contributed by atoms with Crippen LogP contribution in [0.25, 0.3) is 0 Å². The fourth-order valence-electron chi connectivity index (χ4n) is 8.11. The van der Waals surface area contributed by atoms with Gasteiger partial charge >= 0.3 is 11.9 Å². The van der Waals surface area contributed by atoms with Crippen LogP contribution in [-0.4, -0.2) is 37.9 Å². The summed E-state index contributed by atoms with van der Waals surface area (Å²) in [5.74, 6) is -0.461. The van der Waals surface area contributed by atoms with Gasteiger partial charge in [-0.1, -0.05) is 260 Å². The summed E-state index contributed by atoms with van der Waals surface area (Å²) in [6.45, 7) is 7.66. The van der Waals surface area contributed by atoms with Crippen LogP contribution < -0.4 is 0 Å². The van der Waals surface area contributed by atoms with Gasteiger partial charge in [0.15, 0.2) is 6.10 Å². The second-order valence-corrected chi connectivity index (χ2v) is 19.2. The molecule has 0 aliphatic heterocycles. The van der Waals surface area contributed by atoms with E-state index < -0.39 is 6.10 Å². The Balaban J connectivity index is 4.35. The SMILES string of the molecule is CC/C=C\C/C=C\C/C=C\C/C=C\C/C=C\CCCC(=O)OC(COCCCCCCCCCCCCCCCCCC)COC(=O)CCCCCCCCCCC/C=C\C/C=C\CCCCC. The average Bonchev–Trinajstić information content (AvgIpc) is 3.34. The number of rotatable bonds is 53. The molecule has 0 bridgehead atoms. The molecule has 0 aromatic carbocycles. The van der Waals surface area contributed by atoms with Gasteiger partial charge in [-0.15, -0.1) is 0 Å². The fourth-order valence-corrected chi connectivity index (χ4v) is 8.11. The lowest BCUT2D eigenvalue weighted by molar-refractivity contribution is -0.162. The number of hydrogen-bond acceptors (Lipinski definition) is 5. The number of ether oxygens (including phenoxy) is 3. The van der Waals surface area contributed by atoms with E-state index in [4.69, 9.17) is 14.2 Å². The van der Waals surface area contributed by atoms with Gasteiger partial charge in [0.1, 0.15) is 6.61 Å². The van der Waals surface area contributed by atoms with E-state index in [0.29, 0.717) is 19.4 Å². The lowest BCUT2D eigenvalue weighted by Crippen LogP contribution is -2.30. The van der Waals surface area contributed by atoms with Crippen molar-refractivity contribution in [2.24, 2.45) is 0 Å². The van der Waals surface area contributed by atoms with E-state index in [9.17, 15) is 9.59 Å². The molecule has 0 radical (unpaired) electrons. The first-order valence-corrected chi connectivity index (χ1v) is 29.1. The molecular weight excluding hydrogens is 837 g/mol. The van der Waals surface area contributed by atoms with E-state index >= 15 is 0 Å². The number of carbonyl (C=O) groups is 2. The van der Waals surface area contributed by atoms with Crippen LogP contribution in [0.4, 0.5) is 0 Å². The standard InChI is InChI=1S/C63H110O5/c1-4-7-10-13-16-19-22-25-28-31-32-34-35-38-41-44-47-50-53-56-62(64)67-60-61(59-66-58-55-52-49-46-43-40-37-30-27-24-21-18-15-12-9-6-3)68-63(65)57-54-51-48-45-42-39-36-33-29-26-23-20-17-14-11-8-5-2/h8,11,16-17,19-20,25-26,28-29,36,39,45,48,61H,4-7,9-10,12-15,18,21-24,27,30-35,37-38,40-44,46-47,49-60H2,1-3H3/b11-8-,19-16-,20-17-,28-25-,29-26-,39-36-,48-45-. The maximum atomic E-state index is 12.8. The smallest absolute Gasteiger partial charge is 0.306 e. The molecule has 5 nitrogen and oxygen atoms in total. The molecule has 392 valence electrons. The van der Waals surface area contributed by atoms with Crippen molar-refractivity contribution in [3.8, 4) is 0 Å². The first kappa shape index (κ1) is 65.1. The molecule has 0 aromatic heterocycles. The van der Waals surface area contributed by atoms with Crippen molar-refractivity contribution in [3.05, 3.63) is 85.1 Å². The van der Waals surface area contributed by atoms with Crippen molar-refractivity contribution in [3.63, 3.8) is 0 Å². The maximum Gasteiger partial charge on any atom is 0.306 e. The highest BCUT2D eigenvalue weighted by Crippen LogP contribution is 2.15. The van der Waals surface area contributed by atoms with Gasteiger partial charge in [-0.05, 0) is 89.9 Å². The Morgan fingerprint density at radius 3 is 1.13 bits per heavy atom. The van der Waals surface area contributed by atoms with Crippen LogP contribution in [0.5, 0.6) is 0 Å². The van der Waals surface area contributed by atoms with E-state index in [1.54, 1.807) is 0 Å². The summed E-state index contributed by atoms with van der Waals surface area (Å²) < 4.78 is 17.4. The Labute approximate surface area is 422 Å². The topological polar surface area (TPSA) is 61.8 Å². The minimum Gasteiger partial charge on any atom is -0.462 e. The molecule has 0 amide bonds. The number of hydrogen-bond donors (Lipinski definition) is 0. The molecule has 0 rings (SSSR count). The van der Waals surface area contributed by atoms with Crippen molar-refractivity contribution in [2.45, 2.75) is 284 Å². The highest BCUT2D eigenvalue weighted by atomic mass is 16.6. The Kier molecular flexibility index (Phi) is 55.9. The van der Waals surface area contributed by atoms with Crippen LogP contribution in [0, 0.1) is 0 Å². The molecule has 5 heteroatoms. The Morgan fingerprint density at radius 1 is 0.338 bits per heavy atom. The molecule has 0 aromatic rings. The number of carbonyl (C=O) groups excluding carboxylic acids is 2. The van der Waals surface area contributed by atoms with Gasteiger partial charge in [0.2, 0.25) is 0 Å². The van der Waals surface area contributed by atoms with E-state index in [-0.39, 0.29) is 25.2 Å². The summed E-state index contributed by atoms with van der Waals surface area (Å²) in [5, 5.41) is 0. The van der Waals surface area contributed by atoms with Gasteiger partial charge in [-0.3, -0.25) is 9.59 Å². The number of unbranched alkanes of at least 4 members (excludes halogenated alkanes) is 28. The van der Waals surface area contributed by atoms with Gasteiger partial charge in [0.25, 0.3) is 0 Å². The lowest BCUT2D eigenvalue weighted by Gasteiger charge is -2.18. The van der Waals surface area contributed by atoms with Gasteiger partial charge in [-0.25, -0.2) is 0 Å². The van der Waals surface area contributed by atoms with Gasteiger partial charge in [-0.2, -0.15) is 0 Å². The van der Waals surface area contributed by atoms with Crippen LogP contribution >= 0.6 is 0 Å². The summed E-state index contributed by atoms with van der Waals surface area (Å²) >= 11 is 0. The van der Waals surface area contributed by atoms with E-state index in [1.165, 1.54) is 161 Å². The zero-order valence-electron chi connectivity index (χ0n) is 45.1. The minimum absolute atomic E-state index is 0.0598. The second kappa shape index (κ2) is 58.4. The Hall–Kier alpha value is -2.92. The lowest BCUT2D eigenvalue weighted by atomic mass is 10.0. The summed E-state index contributed by atoms with van der Waals surface area (Å²) in [5.41, 5.74) is 0. The molecule has 1 unspecified atom stereocenters. The highest BCUT2D eigenvalue weighted by Gasteiger charge is 2.17. The van der Waals surface area contributed by atoms with E-state index in [1.807, 2.05) is 0 Å². The molecule has 68 heavy (non-hydrogen) atoms. The third-order valence-corrected chi connectivity index (χ3v) is 12.4. The second-order valence-electron chi connectivity index (χ2n) is 19.2. The average molecular weight is 948 g/mol. The first-order valence-electron chi connectivity index (χ1n) is 29.1. The van der Waals surface area contributed by atoms with Crippen LogP contribution in [-0.2, 0) is 23.8 Å². The largest absolute Gasteiger partial charge is 0.462 e. The molecular formula is C63H110O5. The maximum absolute atomic E-state index is 12.8. The summed E-state index contributed by atoms with van der Waals surface area (Å²) in [6.07, 6.45) is 77.5.